The third kappa shape index (κ3) is 3.38. The van der Waals surface area contributed by atoms with E-state index in [1.807, 2.05) is 37.1 Å². The molecule has 0 saturated heterocycles. The number of aliphatic imine (C=N–C) groups is 2. The second-order valence-electron chi connectivity index (χ2n) is 7.64. The molecule has 0 N–H and O–H groups in total. The van der Waals surface area contributed by atoms with Gasteiger partial charge in [-0.2, -0.15) is 0 Å². The number of benzene rings is 2. The molecule has 29 heavy (non-hydrogen) atoms. The second kappa shape index (κ2) is 7.68. The van der Waals surface area contributed by atoms with Gasteiger partial charge in [-0.25, -0.2) is 10.0 Å². The van der Waals surface area contributed by atoms with Gasteiger partial charge < -0.3 is 4.74 Å². The molecule has 0 aromatic heterocycles. The van der Waals surface area contributed by atoms with Crippen molar-refractivity contribution in [1.82, 2.24) is 0 Å². The summed E-state index contributed by atoms with van der Waals surface area (Å²) in [4.78, 5) is 8.77. The van der Waals surface area contributed by atoms with Crippen molar-refractivity contribution in [3.63, 3.8) is 0 Å². The number of ether oxygens (including phenoxy) is 1. The topological polar surface area (TPSA) is 37.2 Å². The summed E-state index contributed by atoms with van der Waals surface area (Å²) in [6, 6.07) is 19.4. The third-order valence-electron chi connectivity index (χ3n) is 5.81. The fourth-order valence-corrected chi connectivity index (χ4v) is 4.08. The van der Waals surface area contributed by atoms with E-state index in [-0.39, 0.29) is 0 Å². The summed E-state index contributed by atoms with van der Waals surface area (Å²) in [7, 11) is 0. The first kappa shape index (κ1) is 17.9. The molecule has 1 unspecified atom stereocenters. The molecule has 0 radical (unpaired) electrons. The Kier molecular flexibility index (Phi) is 4.74. The monoisotopic (exact) mass is 385 g/mol. The van der Waals surface area contributed by atoms with E-state index in [0.717, 1.165) is 23.6 Å². The van der Waals surface area contributed by atoms with Crippen LogP contribution in [0.2, 0.25) is 0 Å². The molecule has 0 amide bonds. The van der Waals surface area contributed by atoms with Gasteiger partial charge in [0.2, 0.25) is 12.0 Å². The van der Waals surface area contributed by atoms with E-state index >= 15 is 0 Å². The van der Waals surface area contributed by atoms with Gasteiger partial charge in [0.1, 0.15) is 5.75 Å². The minimum absolute atomic E-state index is 0.471. The maximum Gasteiger partial charge on any atom is 0.225 e. The Balaban J connectivity index is 1.39. The molecule has 0 spiro atoms. The van der Waals surface area contributed by atoms with Crippen molar-refractivity contribution in [2.24, 2.45) is 9.98 Å². The molecule has 2 heterocycles. The number of allylic oxidation sites excluding steroid dienone is 1. The molecule has 2 aromatic carbocycles. The van der Waals surface area contributed by atoms with Crippen molar-refractivity contribution >= 4 is 18.2 Å². The van der Waals surface area contributed by atoms with Crippen LogP contribution in [0.3, 0.4) is 0 Å². The molecule has 2 aromatic rings. The Morgan fingerprint density at radius 3 is 2.76 bits per heavy atom. The summed E-state index contributed by atoms with van der Waals surface area (Å²) in [5.74, 6) is 0.900. The van der Waals surface area contributed by atoms with Crippen LogP contribution >= 0.6 is 0 Å². The third-order valence-corrected chi connectivity index (χ3v) is 5.81. The summed E-state index contributed by atoms with van der Waals surface area (Å²) in [5.41, 5.74) is 3.50. The minimum atomic E-state index is 0.471. The maximum absolute atomic E-state index is 6.10. The van der Waals surface area contributed by atoms with Gasteiger partial charge in [-0.05, 0) is 37.0 Å². The highest BCUT2D eigenvalue weighted by atomic mass is 16.5. The normalized spacial score (nSPS) is 22.1. The summed E-state index contributed by atoms with van der Waals surface area (Å²) in [6.07, 6.45) is 14.3. The highest BCUT2D eigenvalue weighted by Crippen LogP contribution is 2.39. The average molecular weight is 385 g/mol. The van der Waals surface area contributed by atoms with Crippen LogP contribution in [0, 0.1) is 0 Å². The van der Waals surface area contributed by atoms with Crippen LogP contribution in [-0.2, 0) is 6.42 Å². The zero-order valence-electron chi connectivity index (χ0n) is 16.4. The van der Waals surface area contributed by atoms with Crippen LogP contribution < -0.4 is 9.75 Å². The molecule has 1 fully saturated rings. The molecule has 1 aliphatic carbocycles. The molecule has 5 rings (SSSR count). The number of rotatable bonds is 7. The van der Waals surface area contributed by atoms with Gasteiger partial charge >= 0.3 is 0 Å². The zero-order chi connectivity index (χ0) is 19.5. The average Bonchev–Trinajstić information content (AvgIpc) is 3.16. The van der Waals surface area contributed by atoms with Gasteiger partial charge in [0.15, 0.2) is 6.20 Å². The number of quaternary nitrogens is 1. The zero-order valence-corrected chi connectivity index (χ0v) is 16.4. The second-order valence-corrected chi connectivity index (χ2v) is 7.64. The molecule has 146 valence electrons. The molecule has 3 aliphatic rings. The van der Waals surface area contributed by atoms with Crippen LogP contribution in [0.25, 0.3) is 0 Å². The predicted octanol–water partition coefficient (Wildman–Crippen LogP) is 4.84. The lowest BCUT2D eigenvalue weighted by atomic mass is 9.91. The maximum atomic E-state index is 6.10. The molecule has 5 nitrogen and oxygen atoms in total. The first-order valence-electron chi connectivity index (χ1n) is 10.3. The predicted molar refractivity (Wildman–Crippen MR) is 117 cm³/mol. The minimum Gasteiger partial charge on any atom is -0.493 e. The first-order valence-corrected chi connectivity index (χ1v) is 10.3. The number of hydrogen-bond acceptors (Lipinski definition) is 4. The smallest absolute Gasteiger partial charge is 0.225 e. The lowest BCUT2D eigenvalue weighted by Crippen LogP contribution is -2.61. The fourth-order valence-electron chi connectivity index (χ4n) is 4.08. The van der Waals surface area contributed by atoms with Crippen molar-refractivity contribution in [3.8, 4) is 5.75 Å². The summed E-state index contributed by atoms with van der Waals surface area (Å²) < 4.78 is 6.58. The Morgan fingerprint density at radius 1 is 1.03 bits per heavy atom. The molecule has 0 bridgehead atoms. The number of fused-ring (bicyclic) bond motifs is 1. The van der Waals surface area contributed by atoms with Gasteiger partial charge in [0.25, 0.3) is 0 Å². The van der Waals surface area contributed by atoms with Crippen molar-refractivity contribution in [1.29, 1.82) is 0 Å². The summed E-state index contributed by atoms with van der Waals surface area (Å²) in [5, 5.41) is 2.44. The molecular formula is C24H25N4O+. The molecule has 1 atom stereocenters. The highest BCUT2D eigenvalue weighted by molar-refractivity contribution is 5.82. The van der Waals surface area contributed by atoms with Crippen molar-refractivity contribution in [3.05, 3.63) is 84.5 Å². The SMILES string of the molecule is C1=C[N+]2(N(c3cccc(OCCc4ccccc4)c3)C3CCC3)C=NC=C2C=N1. The Labute approximate surface area is 171 Å². The van der Waals surface area contributed by atoms with Gasteiger partial charge in [-0.3, -0.25) is 4.99 Å². The van der Waals surface area contributed by atoms with Crippen molar-refractivity contribution in [2.75, 3.05) is 11.6 Å². The summed E-state index contributed by atoms with van der Waals surface area (Å²) >= 11 is 0. The van der Waals surface area contributed by atoms with E-state index < -0.39 is 0 Å². The van der Waals surface area contributed by atoms with E-state index in [9.17, 15) is 0 Å². The first-order chi connectivity index (χ1) is 14.4. The number of anilines is 1. The van der Waals surface area contributed by atoms with Crippen LogP contribution in [-0.4, -0.2) is 29.8 Å². The van der Waals surface area contributed by atoms with Crippen LogP contribution in [0.5, 0.6) is 5.75 Å². The standard InChI is InChI=1S/C24H25N4O/c1-2-6-20(7-3-1)12-15-29-24-11-5-10-22(16-24)27(21-8-4-9-21)28-14-13-25-17-23(28)18-26-19-28/h1-3,5-7,10-11,13-14,16-19,21H,4,8-9,12,15H2/q+1. The van der Waals surface area contributed by atoms with Gasteiger partial charge in [0, 0.05) is 12.5 Å². The Hall–Kier alpha value is -3.18. The Morgan fingerprint density at radius 2 is 1.93 bits per heavy atom. The molecule has 5 heteroatoms. The number of hydrogen-bond donors (Lipinski definition) is 0. The van der Waals surface area contributed by atoms with E-state index in [2.05, 4.69) is 63.7 Å². The van der Waals surface area contributed by atoms with Crippen LogP contribution in [0.4, 0.5) is 5.69 Å². The van der Waals surface area contributed by atoms with Crippen molar-refractivity contribution < 1.29 is 9.33 Å². The Bertz CT molecular complexity index is 991. The largest absolute Gasteiger partial charge is 0.493 e. The molecular weight excluding hydrogens is 360 g/mol. The quantitative estimate of drug-likeness (QED) is 0.640. The van der Waals surface area contributed by atoms with Gasteiger partial charge in [-0.15, -0.1) is 4.59 Å². The van der Waals surface area contributed by atoms with Gasteiger partial charge in [0.05, 0.1) is 37.0 Å². The van der Waals surface area contributed by atoms with Crippen LogP contribution in [0.1, 0.15) is 24.8 Å². The van der Waals surface area contributed by atoms with E-state index in [4.69, 9.17) is 4.74 Å². The molecule has 2 aliphatic heterocycles. The van der Waals surface area contributed by atoms with Gasteiger partial charge in [-0.1, -0.05) is 36.4 Å². The fraction of sp³-hybridized carbons (Fsp3) is 0.250. The van der Waals surface area contributed by atoms with E-state index in [0.29, 0.717) is 17.2 Å². The highest BCUT2D eigenvalue weighted by Gasteiger charge is 2.46. The van der Waals surface area contributed by atoms with Crippen LogP contribution in [0.15, 0.2) is 88.9 Å². The molecule has 1 saturated carbocycles. The van der Waals surface area contributed by atoms with E-state index in [1.165, 1.54) is 24.8 Å². The number of nitrogens with zero attached hydrogens (tertiary/aromatic N) is 4. The summed E-state index contributed by atoms with van der Waals surface area (Å²) in [6.45, 7) is 0.663. The van der Waals surface area contributed by atoms with E-state index in [1.54, 1.807) is 0 Å². The lowest BCUT2D eigenvalue weighted by Gasteiger charge is -2.46. The van der Waals surface area contributed by atoms with Crippen molar-refractivity contribution in [2.45, 2.75) is 31.7 Å². The lowest BCUT2D eigenvalue weighted by molar-refractivity contribution is -0.746.